The zero-order chi connectivity index (χ0) is 10.4. The highest BCUT2D eigenvalue weighted by atomic mass is 16.5. The van der Waals surface area contributed by atoms with Crippen LogP contribution in [0.15, 0.2) is 16.8 Å². The summed E-state index contributed by atoms with van der Waals surface area (Å²) < 4.78 is 4.89. The molecule has 1 atom stereocenters. The fraction of sp³-hybridized carbons (Fsp3) is 0.667. The van der Waals surface area contributed by atoms with Gasteiger partial charge in [0, 0.05) is 19.2 Å². The lowest BCUT2D eigenvalue weighted by molar-refractivity contribution is 0.134. The standard InChI is InChI=1S/C9H17N3O2/c1-12(2)7-8(13)5-10-6-9-3-4-11-14-9/h3-4,8,10,13H,5-7H2,1-2H3. The van der Waals surface area contributed by atoms with Crippen LogP contribution in [0, 0.1) is 0 Å². The molecule has 0 bridgehead atoms. The van der Waals surface area contributed by atoms with Crippen LogP contribution >= 0.6 is 0 Å². The summed E-state index contributed by atoms with van der Waals surface area (Å²) in [5.74, 6) is 0.780. The molecular formula is C9H17N3O2. The van der Waals surface area contributed by atoms with E-state index in [1.165, 1.54) is 0 Å². The Morgan fingerprint density at radius 1 is 1.64 bits per heavy atom. The summed E-state index contributed by atoms with van der Waals surface area (Å²) in [5, 5.41) is 16.2. The maximum Gasteiger partial charge on any atom is 0.150 e. The predicted molar refractivity (Wildman–Crippen MR) is 52.8 cm³/mol. The number of aliphatic hydroxyl groups is 1. The summed E-state index contributed by atoms with van der Waals surface area (Å²) in [6.07, 6.45) is 1.25. The summed E-state index contributed by atoms with van der Waals surface area (Å²) in [4.78, 5) is 1.95. The van der Waals surface area contributed by atoms with E-state index in [1.807, 2.05) is 19.0 Å². The molecule has 1 aromatic rings. The Hall–Kier alpha value is -0.910. The molecule has 0 aromatic carbocycles. The molecular weight excluding hydrogens is 182 g/mol. The van der Waals surface area contributed by atoms with Gasteiger partial charge in [0.25, 0.3) is 0 Å². The second-order valence-corrected chi connectivity index (χ2v) is 3.53. The molecule has 5 heteroatoms. The fourth-order valence-corrected chi connectivity index (χ4v) is 1.18. The monoisotopic (exact) mass is 199 g/mol. The molecule has 1 heterocycles. The zero-order valence-electron chi connectivity index (χ0n) is 8.60. The molecule has 0 aliphatic rings. The topological polar surface area (TPSA) is 61.5 Å². The molecule has 5 nitrogen and oxygen atoms in total. The van der Waals surface area contributed by atoms with Crippen LogP contribution in [-0.4, -0.2) is 48.5 Å². The predicted octanol–water partition coefficient (Wildman–Crippen LogP) is -0.313. The first-order valence-corrected chi connectivity index (χ1v) is 4.61. The molecule has 0 saturated heterocycles. The lowest BCUT2D eigenvalue weighted by Crippen LogP contribution is -2.34. The molecule has 0 aliphatic carbocycles. The van der Waals surface area contributed by atoms with Crippen LogP contribution in [0.3, 0.4) is 0 Å². The fourth-order valence-electron chi connectivity index (χ4n) is 1.18. The smallest absolute Gasteiger partial charge is 0.150 e. The maximum atomic E-state index is 9.50. The normalized spacial score (nSPS) is 13.4. The minimum Gasteiger partial charge on any atom is -0.390 e. The maximum absolute atomic E-state index is 9.50. The van der Waals surface area contributed by atoms with E-state index in [9.17, 15) is 5.11 Å². The molecule has 80 valence electrons. The van der Waals surface area contributed by atoms with E-state index in [1.54, 1.807) is 12.3 Å². The van der Waals surface area contributed by atoms with Crippen LogP contribution in [0.25, 0.3) is 0 Å². The molecule has 0 amide bonds. The number of nitrogens with one attached hydrogen (secondary N) is 1. The molecule has 0 aliphatic heterocycles. The zero-order valence-corrected chi connectivity index (χ0v) is 8.60. The van der Waals surface area contributed by atoms with Crippen molar-refractivity contribution in [2.45, 2.75) is 12.6 Å². The van der Waals surface area contributed by atoms with Gasteiger partial charge in [-0.1, -0.05) is 5.16 Å². The average Bonchev–Trinajstić information content (AvgIpc) is 2.55. The lowest BCUT2D eigenvalue weighted by atomic mass is 10.3. The number of hydrogen-bond donors (Lipinski definition) is 2. The first-order chi connectivity index (χ1) is 6.68. The highest BCUT2D eigenvalue weighted by Gasteiger charge is 2.05. The van der Waals surface area contributed by atoms with Gasteiger partial charge in [-0.25, -0.2) is 0 Å². The van der Waals surface area contributed by atoms with E-state index in [0.717, 1.165) is 5.76 Å². The van der Waals surface area contributed by atoms with E-state index in [4.69, 9.17) is 4.52 Å². The van der Waals surface area contributed by atoms with E-state index in [-0.39, 0.29) is 6.10 Å². The number of aliphatic hydroxyl groups excluding tert-OH is 1. The Balaban J connectivity index is 2.09. The van der Waals surface area contributed by atoms with Crippen molar-refractivity contribution >= 4 is 0 Å². The highest BCUT2D eigenvalue weighted by molar-refractivity contribution is 4.91. The van der Waals surface area contributed by atoms with Crippen molar-refractivity contribution in [3.8, 4) is 0 Å². The van der Waals surface area contributed by atoms with Gasteiger partial charge in [-0.2, -0.15) is 0 Å². The number of hydrogen-bond acceptors (Lipinski definition) is 5. The van der Waals surface area contributed by atoms with Crippen LogP contribution in [0.5, 0.6) is 0 Å². The Labute approximate surface area is 83.7 Å². The Kier molecular flexibility index (Phi) is 4.58. The summed E-state index contributed by atoms with van der Waals surface area (Å²) in [7, 11) is 3.86. The first-order valence-electron chi connectivity index (χ1n) is 4.61. The van der Waals surface area contributed by atoms with Crippen molar-refractivity contribution in [3.05, 3.63) is 18.0 Å². The minimum absolute atomic E-state index is 0.354. The van der Waals surface area contributed by atoms with Crippen molar-refractivity contribution in [2.24, 2.45) is 0 Å². The van der Waals surface area contributed by atoms with Crippen LogP contribution in [0.2, 0.25) is 0 Å². The van der Waals surface area contributed by atoms with E-state index in [0.29, 0.717) is 19.6 Å². The molecule has 14 heavy (non-hydrogen) atoms. The average molecular weight is 199 g/mol. The van der Waals surface area contributed by atoms with E-state index < -0.39 is 0 Å². The first kappa shape index (κ1) is 11.2. The van der Waals surface area contributed by atoms with Crippen LogP contribution in [-0.2, 0) is 6.54 Å². The molecule has 1 aromatic heterocycles. The van der Waals surface area contributed by atoms with Gasteiger partial charge in [-0.15, -0.1) is 0 Å². The van der Waals surface area contributed by atoms with Gasteiger partial charge in [0.15, 0.2) is 0 Å². The van der Waals surface area contributed by atoms with Crippen molar-refractivity contribution in [1.82, 2.24) is 15.4 Å². The summed E-state index contributed by atoms with van der Waals surface area (Å²) in [6, 6.07) is 1.80. The van der Waals surface area contributed by atoms with E-state index >= 15 is 0 Å². The molecule has 1 rings (SSSR count). The second-order valence-electron chi connectivity index (χ2n) is 3.53. The Morgan fingerprint density at radius 3 is 3.00 bits per heavy atom. The molecule has 0 fully saturated rings. The summed E-state index contributed by atoms with van der Waals surface area (Å²) in [6.45, 7) is 1.81. The second kappa shape index (κ2) is 5.74. The van der Waals surface area contributed by atoms with Gasteiger partial charge < -0.3 is 19.8 Å². The molecule has 0 radical (unpaired) electrons. The quantitative estimate of drug-likeness (QED) is 0.658. The minimum atomic E-state index is -0.354. The van der Waals surface area contributed by atoms with Crippen molar-refractivity contribution < 1.29 is 9.63 Å². The Morgan fingerprint density at radius 2 is 2.43 bits per heavy atom. The SMILES string of the molecule is CN(C)CC(O)CNCc1ccno1. The van der Waals surface area contributed by atoms with E-state index in [2.05, 4.69) is 10.5 Å². The number of rotatable bonds is 6. The third-order valence-electron chi connectivity index (χ3n) is 1.75. The number of likely N-dealkylation sites (N-methyl/N-ethyl adjacent to an activating group) is 1. The largest absolute Gasteiger partial charge is 0.390 e. The molecule has 0 saturated carbocycles. The van der Waals surface area contributed by atoms with Gasteiger partial charge in [0.05, 0.1) is 18.8 Å². The molecule has 0 spiro atoms. The van der Waals surface area contributed by atoms with Gasteiger partial charge in [0.2, 0.25) is 0 Å². The Bertz CT molecular complexity index is 236. The number of aromatic nitrogens is 1. The van der Waals surface area contributed by atoms with Gasteiger partial charge in [0.1, 0.15) is 5.76 Å². The van der Waals surface area contributed by atoms with Gasteiger partial charge in [-0.3, -0.25) is 0 Å². The third kappa shape index (κ3) is 4.36. The van der Waals surface area contributed by atoms with Gasteiger partial charge >= 0.3 is 0 Å². The highest BCUT2D eigenvalue weighted by Crippen LogP contribution is 1.95. The van der Waals surface area contributed by atoms with Crippen LogP contribution in [0.1, 0.15) is 5.76 Å². The van der Waals surface area contributed by atoms with Gasteiger partial charge in [-0.05, 0) is 14.1 Å². The lowest BCUT2D eigenvalue weighted by Gasteiger charge is -2.15. The van der Waals surface area contributed by atoms with Crippen molar-refractivity contribution in [1.29, 1.82) is 0 Å². The summed E-state index contributed by atoms with van der Waals surface area (Å²) in [5.41, 5.74) is 0. The van der Waals surface area contributed by atoms with Crippen molar-refractivity contribution in [2.75, 3.05) is 27.2 Å². The molecule has 2 N–H and O–H groups in total. The summed E-state index contributed by atoms with van der Waals surface area (Å²) >= 11 is 0. The van der Waals surface area contributed by atoms with Crippen LogP contribution in [0.4, 0.5) is 0 Å². The van der Waals surface area contributed by atoms with Crippen molar-refractivity contribution in [3.63, 3.8) is 0 Å². The number of nitrogens with zero attached hydrogens (tertiary/aromatic N) is 2. The van der Waals surface area contributed by atoms with Crippen LogP contribution < -0.4 is 5.32 Å². The molecule has 1 unspecified atom stereocenters. The third-order valence-corrected chi connectivity index (χ3v) is 1.75.